The Balaban J connectivity index is 1.83. The molecule has 0 fully saturated rings. The number of azo groups is 2. The van der Waals surface area contributed by atoms with Crippen molar-refractivity contribution in [1.29, 1.82) is 5.26 Å². The standard InChI is InChI=1S/C30H26N8O10S2/c1-6-37-27(39)21(14-31)15(3)25(29(37)41)35-33-17-8-10-19(22(12-17)49-48-47-43)20-11-9-18(13-23(20)50(44,45)46)34-36-26-16(4)24(32-5)28(40)38(7-2)30(26)42/h8-13,41-43H,6-7H2,1-4H3,(H,44,45,46). The highest BCUT2D eigenvalue weighted by Gasteiger charge is 2.23. The first-order valence-electron chi connectivity index (χ1n) is 14.2. The van der Waals surface area contributed by atoms with Gasteiger partial charge < -0.3 is 10.2 Å². The molecule has 20 heteroatoms. The molecule has 4 rings (SSSR count). The van der Waals surface area contributed by atoms with Crippen molar-refractivity contribution in [3.8, 4) is 29.0 Å². The molecule has 2 heterocycles. The summed E-state index contributed by atoms with van der Waals surface area (Å²) >= 11 is 0.430. The third-order valence-corrected chi connectivity index (χ3v) is 8.86. The van der Waals surface area contributed by atoms with Gasteiger partial charge in [-0.1, -0.05) is 17.2 Å². The zero-order chi connectivity index (χ0) is 36.9. The lowest BCUT2D eigenvalue weighted by Gasteiger charge is -2.13. The highest BCUT2D eigenvalue weighted by atomic mass is 32.2. The summed E-state index contributed by atoms with van der Waals surface area (Å²) in [6.07, 6.45) is 0. The molecule has 4 N–H and O–H groups in total. The lowest BCUT2D eigenvalue weighted by atomic mass is 10.0. The van der Waals surface area contributed by atoms with Gasteiger partial charge in [0.25, 0.3) is 26.9 Å². The maximum absolute atomic E-state index is 12.6. The third-order valence-electron chi connectivity index (χ3n) is 7.32. The Labute approximate surface area is 287 Å². The zero-order valence-corrected chi connectivity index (χ0v) is 28.1. The van der Waals surface area contributed by atoms with Gasteiger partial charge in [0.1, 0.15) is 22.2 Å². The van der Waals surface area contributed by atoms with E-state index in [1.165, 1.54) is 44.2 Å². The van der Waals surface area contributed by atoms with Crippen molar-refractivity contribution in [2.24, 2.45) is 20.5 Å². The van der Waals surface area contributed by atoms with E-state index < -0.39 is 37.9 Å². The number of pyridine rings is 2. The SMILES string of the molecule is [C-]#[N+]c1c(C)c(N=Nc2ccc(-c3ccc(N=Nc4c(C)c(C#N)c(=O)n(CC)c4O)cc3SOOO)c(S(=O)(=O)O)c2)c(O)n(CC)c1=O. The van der Waals surface area contributed by atoms with Crippen LogP contribution in [-0.4, -0.2) is 37.6 Å². The molecule has 0 amide bonds. The summed E-state index contributed by atoms with van der Waals surface area (Å²) in [5, 5.41) is 59.3. The molecule has 2 aromatic heterocycles. The molecule has 0 aliphatic rings. The van der Waals surface area contributed by atoms with Crippen molar-refractivity contribution in [3.05, 3.63) is 85.2 Å². The lowest BCUT2D eigenvalue weighted by Crippen LogP contribution is -2.23. The van der Waals surface area contributed by atoms with Crippen molar-refractivity contribution in [2.75, 3.05) is 0 Å². The molecule has 258 valence electrons. The first-order valence-corrected chi connectivity index (χ1v) is 16.4. The van der Waals surface area contributed by atoms with Gasteiger partial charge in [0.15, 0.2) is 5.69 Å². The van der Waals surface area contributed by atoms with Gasteiger partial charge in [0, 0.05) is 29.1 Å². The Bertz CT molecular complexity index is 2390. The van der Waals surface area contributed by atoms with Crippen LogP contribution in [0, 0.1) is 31.8 Å². The maximum Gasteiger partial charge on any atom is 0.295 e. The first-order chi connectivity index (χ1) is 23.7. The second-order valence-electron chi connectivity index (χ2n) is 10.1. The summed E-state index contributed by atoms with van der Waals surface area (Å²) in [5.74, 6) is -1.06. The Hall–Kier alpha value is -5.74. The number of rotatable bonds is 11. The van der Waals surface area contributed by atoms with E-state index in [2.05, 4.69) is 34.7 Å². The van der Waals surface area contributed by atoms with Crippen LogP contribution >= 0.6 is 12.0 Å². The highest BCUT2D eigenvalue weighted by Crippen LogP contribution is 2.41. The van der Waals surface area contributed by atoms with Gasteiger partial charge >= 0.3 is 0 Å². The molecular weight excluding hydrogens is 697 g/mol. The summed E-state index contributed by atoms with van der Waals surface area (Å²) in [4.78, 5) is 27.6. The number of benzene rings is 2. The van der Waals surface area contributed by atoms with E-state index in [0.717, 1.165) is 15.2 Å². The van der Waals surface area contributed by atoms with Crippen LogP contribution in [0.4, 0.5) is 28.4 Å². The van der Waals surface area contributed by atoms with Gasteiger partial charge in [0.2, 0.25) is 11.8 Å². The molecule has 0 unspecified atom stereocenters. The molecule has 0 aliphatic carbocycles. The van der Waals surface area contributed by atoms with E-state index in [9.17, 15) is 38.0 Å². The maximum atomic E-state index is 12.6. The van der Waals surface area contributed by atoms with Gasteiger partial charge in [-0.2, -0.15) is 23.9 Å². The predicted molar refractivity (Wildman–Crippen MR) is 177 cm³/mol. The molecule has 2 aromatic carbocycles. The fourth-order valence-corrected chi connectivity index (χ4v) is 6.09. The van der Waals surface area contributed by atoms with Crippen molar-refractivity contribution < 1.29 is 37.8 Å². The summed E-state index contributed by atoms with van der Waals surface area (Å²) in [5.41, 5.74) is -2.07. The van der Waals surface area contributed by atoms with E-state index in [1.807, 2.05) is 0 Å². The molecule has 18 nitrogen and oxygen atoms in total. The third kappa shape index (κ3) is 7.16. The minimum absolute atomic E-state index is 0.0285. The average Bonchev–Trinajstić information content (AvgIpc) is 3.07. The Kier molecular flexibility index (Phi) is 11.3. The zero-order valence-electron chi connectivity index (χ0n) is 26.5. The van der Waals surface area contributed by atoms with Crippen molar-refractivity contribution in [3.63, 3.8) is 0 Å². The molecule has 0 atom stereocenters. The van der Waals surface area contributed by atoms with Crippen LogP contribution in [0.1, 0.15) is 30.5 Å². The molecule has 0 spiro atoms. The molecule has 0 aliphatic heterocycles. The van der Waals surface area contributed by atoms with E-state index in [1.54, 1.807) is 19.9 Å². The van der Waals surface area contributed by atoms with Gasteiger partial charge in [0.05, 0.1) is 30.0 Å². The first kappa shape index (κ1) is 37.1. The Morgan fingerprint density at radius 3 is 1.96 bits per heavy atom. The topological polar surface area (TPSA) is 255 Å². The molecule has 0 radical (unpaired) electrons. The lowest BCUT2D eigenvalue weighted by molar-refractivity contribution is -0.432. The van der Waals surface area contributed by atoms with Crippen molar-refractivity contribution in [1.82, 2.24) is 9.13 Å². The molecule has 4 aromatic rings. The summed E-state index contributed by atoms with van der Waals surface area (Å²) in [7, 11) is -4.94. The monoisotopic (exact) mass is 722 g/mol. The second-order valence-corrected chi connectivity index (χ2v) is 12.2. The van der Waals surface area contributed by atoms with Gasteiger partial charge in [-0.15, -0.1) is 14.6 Å². The van der Waals surface area contributed by atoms with Gasteiger partial charge in [-0.05, 0) is 63.1 Å². The molecule has 0 bridgehead atoms. The van der Waals surface area contributed by atoms with E-state index in [-0.39, 0.29) is 74.2 Å². The van der Waals surface area contributed by atoms with Crippen LogP contribution in [-0.2, 0) is 32.6 Å². The van der Waals surface area contributed by atoms with Crippen LogP contribution in [0.2, 0.25) is 0 Å². The largest absolute Gasteiger partial charge is 0.493 e. The van der Waals surface area contributed by atoms with E-state index in [4.69, 9.17) is 11.8 Å². The quantitative estimate of drug-likeness (QED) is 0.0316. The Morgan fingerprint density at radius 1 is 0.900 bits per heavy atom. The molecule has 50 heavy (non-hydrogen) atoms. The molecule has 0 saturated heterocycles. The van der Waals surface area contributed by atoms with E-state index in [0.29, 0.717) is 12.0 Å². The van der Waals surface area contributed by atoms with Crippen LogP contribution in [0.25, 0.3) is 16.0 Å². The van der Waals surface area contributed by atoms with Crippen LogP contribution in [0.5, 0.6) is 11.8 Å². The fraction of sp³-hybridized carbons (Fsp3) is 0.200. The number of aromatic hydroxyl groups is 2. The summed E-state index contributed by atoms with van der Waals surface area (Å²) < 4.78 is 41.8. The van der Waals surface area contributed by atoms with Crippen LogP contribution < -0.4 is 11.1 Å². The van der Waals surface area contributed by atoms with Crippen LogP contribution in [0.15, 0.2) is 76.2 Å². The Morgan fingerprint density at radius 2 is 1.44 bits per heavy atom. The van der Waals surface area contributed by atoms with Crippen LogP contribution in [0.3, 0.4) is 0 Å². The average molecular weight is 723 g/mol. The second kappa shape index (κ2) is 15.2. The van der Waals surface area contributed by atoms with Gasteiger partial charge in [-0.25, -0.2) is 10.1 Å². The summed E-state index contributed by atoms with van der Waals surface area (Å²) in [6, 6.07) is 9.49. The molecular formula is C30H26N8O10S2. The molecule has 0 saturated carbocycles. The summed E-state index contributed by atoms with van der Waals surface area (Å²) in [6.45, 7) is 13.4. The van der Waals surface area contributed by atoms with Gasteiger partial charge in [-0.3, -0.25) is 23.3 Å². The normalized spacial score (nSPS) is 11.7. The fourth-order valence-electron chi connectivity index (χ4n) is 4.83. The van der Waals surface area contributed by atoms with Crippen molar-refractivity contribution >= 4 is 50.6 Å². The van der Waals surface area contributed by atoms with Crippen molar-refractivity contribution in [2.45, 2.75) is 50.6 Å². The smallest absolute Gasteiger partial charge is 0.295 e. The minimum Gasteiger partial charge on any atom is -0.493 e. The number of nitrogens with zero attached hydrogens (tertiary/aromatic N) is 8. The predicted octanol–water partition coefficient (Wildman–Crippen LogP) is 6.67. The number of hydrogen-bond donors (Lipinski definition) is 4. The number of nitriles is 1. The van der Waals surface area contributed by atoms with E-state index >= 15 is 0 Å². The number of hydrogen-bond acceptors (Lipinski definition) is 15. The highest BCUT2D eigenvalue weighted by molar-refractivity contribution is 7.94. The minimum atomic E-state index is -4.94. The number of aromatic nitrogens is 2.